The summed E-state index contributed by atoms with van der Waals surface area (Å²) in [6, 6.07) is 5.96. The molecule has 5 heteroatoms. The Kier molecular flexibility index (Phi) is 6.26. The fraction of sp³-hybridized carbons (Fsp3) is 0.400. The number of benzene rings is 1. The third-order valence-electron chi connectivity index (χ3n) is 2.98. The van der Waals surface area contributed by atoms with Crippen LogP contribution < -0.4 is 10.1 Å². The smallest absolute Gasteiger partial charge is 0.159 e. The van der Waals surface area contributed by atoms with Crippen LogP contribution in [0.2, 0.25) is 0 Å². The Balaban J connectivity index is 2.06. The zero-order valence-electron chi connectivity index (χ0n) is 11.5. The Bertz CT molecular complexity index is 575. The number of unbranched alkanes of at least 4 members (excludes halogenated alkanes) is 1. The highest BCUT2D eigenvalue weighted by Crippen LogP contribution is 2.37. The molecule has 2 aromatic rings. The minimum atomic E-state index is 0.635. The van der Waals surface area contributed by atoms with Crippen LogP contribution in [0.15, 0.2) is 33.3 Å². The zero-order chi connectivity index (χ0) is 14.4. The van der Waals surface area contributed by atoms with Crippen molar-refractivity contribution in [3.05, 3.63) is 33.3 Å². The van der Waals surface area contributed by atoms with Gasteiger partial charge in [0.15, 0.2) is 5.75 Å². The second-order valence-electron chi connectivity index (χ2n) is 4.52. The van der Waals surface area contributed by atoms with E-state index in [1.807, 2.05) is 18.2 Å². The van der Waals surface area contributed by atoms with Crippen molar-refractivity contribution >= 4 is 42.8 Å². The van der Waals surface area contributed by atoms with Crippen LogP contribution in [-0.4, -0.2) is 24.7 Å². The van der Waals surface area contributed by atoms with Gasteiger partial charge in [-0.1, -0.05) is 35.3 Å². The maximum atomic E-state index is 5.89. The molecule has 0 unspecified atom stereocenters. The molecule has 0 atom stereocenters. The third-order valence-corrected chi connectivity index (χ3v) is 4.23. The van der Waals surface area contributed by atoms with Crippen molar-refractivity contribution in [3.8, 4) is 5.75 Å². The molecule has 2 rings (SSSR count). The topological polar surface area (TPSA) is 34.1 Å². The number of fused-ring (bicyclic) bond motifs is 1. The minimum Gasteiger partial charge on any atom is -0.489 e. The number of nitrogens with one attached hydrogen (secondary N) is 1. The van der Waals surface area contributed by atoms with Crippen LogP contribution in [0.25, 0.3) is 10.9 Å². The standard InChI is InChI=1S/C15H18Br2N2O/c1-2-3-6-18-8-9-20-15-13(17)10-12(16)11-5-4-7-19-14(11)15/h4-5,7,10,18H,2-3,6,8-9H2,1H3. The highest BCUT2D eigenvalue weighted by atomic mass is 79.9. The number of rotatable bonds is 7. The van der Waals surface area contributed by atoms with E-state index in [-0.39, 0.29) is 0 Å². The molecule has 0 bridgehead atoms. The summed E-state index contributed by atoms with van der Waals surface area (Å²) in [5.74, 6) is 0.807. The lowest BCUT2D eigenvalue weighted by molar-refractivity contribution is 0.315. The Labute approximate surface area is 136 Å². The lowest BCUT2D eigenvalue weighted by atomic mass is 10.2. The van der Waals surface area contributed by atoms with Crippen molar-refractivity contribution in [2.75, 3.05) is 19.7 Å². The van der Waals surface area contributed by atoms with Gasteiger partial charge in [0.2, 0.25) is 0 Å². The first-order chi connectivity index (χ1) is 9.74. The lowest BCUT2D eigenvalue weighted by Gasteiger charge is -2.12. The molecule has 0 aliphatic carbocycles. The molecule has 108 valence electrons. The first-order valence-corrected chi connectivity index (χ1v) is 8.39. The van der Waals surface area contributed by atoms with Gasteiger partial charge in [-0.05, 0) is 41.0 Å². The molecule has 1 aromatic heterocycles. The van der Waals surface area contributed by atoms with Crippen molar-refractivity contribution in [1.29, 1.82) is 0 Å². The number of hydrogen-bond acceptors (Lipinski definition) is 3. The molecule has 0 aliphatic rings. The van der Waals surface area contributed by atoms with Gasteiger partial charge in [0.1, 0.15) is 12.1 Å². The molecule has 20 heavy (non-hydrogen) atoms. The van der Waals surface area contributed by atoms with Gasteiger partial charge in [-0.2, -0.15) is 0 Å². The summed E-state index contributed by atoms with van der Waals surface area (Å²) in [5.41, 5.74) is 0.877. The summed E-state index contributed by atoms with van der Waals surface area (Å²) >= 11 is 7.10. The highest BCUT2D eigenvalue weighted by Gasteiger charge is 2.11. The van der Waals surface area contributed by atoms with E-state index in [1.165, 1.54) is 12.8 Å². The summed E-state index contributed by atoms with van der Waals surface area (Å²) in [4.78, 5) is 4.43. The highest BCUT2D eigenvalue weighted by molar-refractivity contribution is 9.11. The number of nitrogens with zero attached hydrogens (tertiary/aromatic N) is 1. The average molecular weight is 402 g/mol. The molecule has 0 aliphatic heterocycles. The minimum absolute atomic E-state index is 0.635. The van der Waals surface area contributed by atoms with Crippen LogP contribution in [0.4, 0.5) is 0 Å². The third kappa shape index (κ3) is 3.93. The Morgan fingerprint density at radius 3 is 2.90 bits per heavy atom. The van der Waals surface area contributed by atoms with Crippen LogP contribution in [0.5, 0.6) is 5.75 Å². The first-order valence-electron chi connectivity index (χ1n) is 6.80. The molecule has 0 amide bonds. The fourth-order valence-corrected chi connectivity index (χ4v) is 3.32. The van der Waals surface area contributed by atoms with Gasteiger partial charge in [-0.3, -0.25) is 4.98 Å². The fourth-order valence-electron chi connectivity index (χ4n) is 1.94. The van der Waals surface area contributed by atoms with Gasteiger partial charge in [0, 0.05) is 22.6 Å². The second kappa shape index (κ2) is 7.96. The summed E-state index contributed by atoms with van der Waals surface area (Å²) in [5, 5.41) is 4.43. The van der Waals surface area contributed by atoms with E-state index in [2.05, 4.69) is 49.1 Å². The quantitative estimate of drug-likeness (QED) is 0.692. The number of pyridine rings is 1. The van der Waals surface area contributed by atoms with E-state index in [4.69, 9.17) is 4.74 Å². The van der Waals surface area contributed by atoms with E-state index in [1.54, 1.807) is 6.20 Å². The predicted octanol–water partition coefficient (Wildman–Crippen LogP) is 4.53. The zero-order valence-corrected chi connectivity index (χ0v) is 14.6. The summed E-state index contributed by atoms with van der Waals surface area (Å²) < 4.78 is 7.83. The summed E-state index contributed by atoms with van der Waals surface area (Å²) in [6.07, 6.45) is 4.20. The Morgan fingerprint density at radius 1 is 1.25 bits per heavy atom. The monoisotopic (exact) mass is 400 g/mol. The second-order valence-corrected chi connectivity index (χ2v) is 6.23. The number of aromatic nitrogens is 1. The molecule has 0 fully saturated rings. The molecule has 0 saturated heterocycles. The number of hydrogen-bond donors (Lipinski definition) is 1. The lowest BCUT2D eigenvalue weighted by Crippen LogP contribution is -2.22. The molecule has 0 saturated carbocycles. The molecule has 0 spiro atoms. The van der Waals surface area contributed by atoms with Crippen LogP contribution in [-0.2, 0) is 0 Å². The van der Waals surface area contributed by atoms with Crippen LogP contribution >= 0.6 is 31.9 Å². The van der Waals surface area contributed by atoms with E-state index < -0.39 is 0 Å². The maximum absolute atomic E-state index is 5.89. The Hall–Kier alpha value is -0.650. The van der Waals surface area contributed by atoms with E-state index in [0.29, 0.717) is 6.61 Å². The van der Waals surface area contributed by atoms with Gasteiger partial charge in [0.25, 0.3) is 0 Å². The van der Waals surface area contributed by atoms with E-state index >= 15 is 0 Å². The van der Waals surface area contributed by atoms with Crippen molar-refractivity contribution < 1.29 is 4.74 Å². The van der Waals surface area contributed by atoms with Crippen LogP contribution in [0.1, 0.15) is 19.8 Å². The van der Waals surface area contributed by atoms with Gasteiger partial charge < -0.3 is 10.1 Å². The van der Waals surface area contributed by atoms with Crippen molar-refractivity contribution in [2.45, 2.75) is 19.8 Å². The summed E-state index contributed by atoms with van der Waals surface area (Å²) in [6.45, 7) is 4.71. The maximum Gasteiger partial charge on any atom is 0.159 e. The average Bonchev–Trinajstić information content (AvgIpc) is 2.45. The van der Waals surface area contributed by atoms with Crippen molar-refractivity contribution in [1.82, 2.24) is 10.3 Å². The van der Waals surface area contributed by atoms with Gasteiger partial charge in [0.05, 0.1) is 4.47 Å². The van der Waals surface area contributed by atoms with Crippen LogP contribution in [0.3, 0.4) is 0 Å². The van der Waals surface area contributed by atoms with Crippen LogP contribution in [0, 0.1) is 0 Å². The normalized spacial score (nSPS) is 10.9. The van der Waals surface area contributed by atoms with E-state index in [0.717, 1.165) is 38.7 Å². The number of halogens is 2. The predicted molar refractivity (Wildman–Crippen MR) is 90.4 cm³/mol. The molecule has 3 nitrogen and oxygen atoms in total. The molecular weight excluding hydrogens is 384 g/mol. The van der Waals surface area contributed by atoms with Crippen molar-refractivity contribution in [2.24, 2.45) is 0 Å². The molecule has 1 N–H and O–H groups in total. The Morgan fingerprint density at radius 2 is 2.10 bits per heavy atom. The summed E-state index contributed by atoms with van der Waals surface area (Å²) in [7, 11) is 0. The van der Waals surface area contributed by atoms with Gasteiger partial charge >= 0.3 is 0 Å². The van der Waals surface area contributed by atoms with Gasteiger partial charge in [-0.25, -0.2) is 0 Å². The van der Waals surface area contributed by atoms with Crippen molar-refractivity contribution in [3.63, 3.8) is 0 Å². The molecular formula is C15H18Br2N2O. The van der Waals surface area contributed by atoms with E-state index in [9.17, 15) is 0 Å². The SMILES string of the molecule is CCCCNCCOc1c(Br)cc(Br)c2cccnc12. The molecule has 1 aromatic carbocycles. The van der Waals surface area contributed by atoms with Gasteiger partial charge in [-0.15, -0.1) is 0 Å². The largest absolute Gasteiger partial charge is 0.489 e. The first kappa shape index (κ1) is 15.7. The number of ether oxygens (including phenoxy) is 1. The molecule has 1 heterocycles. The molecule has 0 radical (unpaired) electrons.